The van der Waals surface area contributed by atoms with Crippen molar-refractivity contribution in [2.24, 2.45) is 23.1 Å². The third kappa shape index (κ3) is 12.6. The van der Waals surface area contributed by atoms with Gasteiger partial charge in [-0.25, -0.2) is 4.79 Å². The molecule has 0 fully saturated rings. The molecule has 5 amide bonds. The summed E-state index contributed by atoms with van der Waals surface area (Å²) in [5.74, 6) is -7.22. The zero-order chi connectivity index (χ0) is 28.0. The van der Waals surface area contributed by atoms with E-state index in [0.29, 0.717) is 6.42 Å². The summed E-state index contributed by atoms with van der Waals surface area (Å²) in [4.78, 5) is 82.8. The Balaban J connectivity index is 5.67. The van der Waals surface area contributed by atoms with Crippen LogP contribution in [0.1, 0.15) is 58.8 Å². The van der Waals surface area contributed by atoms with E-state index >= 15 is 0 Å². The van der Waals surface area contributed by atoms with E-state index in [1.807, 2.05) is 0 Å². The monoisotopic (exact) mass is 516 g/mol. The maximum absolute atomic E-state index is 12.9. The second-order valence-electron chi connectivity index (χ2n) is 8.38. The lowest BCUT2D eigenvalue weighted by molar-refractivity contribution is -0.144. The van der Waals surface area contributed by atoms with Crippen molar-refractivity contribution in [2.75, 3.05) is 0 Å². The van der Waals surface area contributed by atoms with E-state index in [4.69, 9.17) is 22.3 Å². The van der Waals surface area contributed by atoms with E-state index in [2.05, 4.69) is 16.0 Å². The molecule has 0 bridgehead atoms. The molecule has 5 unspecified atom stereocenters. The molecule has 0 aromatic rings. The van der Waals surface area contributed by atoms with Gasteiger partial charge in [0, 0.05) is 19.3 Å². The largest absolute Gasteiger partial charge is 0.481 e. The van der Waals surface area contributed by atoms with E-state index in [9.17, 15) is 38.7 Å². The lowest BCUT2D eigenvalue weighted by Crippen LogP contribution is -2.57. The minimum atomic E-state index is -1.44. The number of hydrogen-bond acceptors (Lipinski definition) is 8. The molecule has 0 saturated heterocycles. The van der Waals surface area contributed by atoms with Crippen LogP contribution < -0.4 is 33.2 Å². The van der Waals surface area contributed by atoms with Gasteiger partial charge in [-0.1, -0.05) is 20.3 Å². The van der Waals surface area contributed by atoms with Crippen LogP contribution in [0, 0.1) is 5.92 Å². The second-order valence-corrected chi connectivity index (χ2v) is 8.38. The van der Waals surface area contributed by atoms with Crippen molar-refractivity contribution in [1.82, 2.24) is 16.0 Å². The van der Waals surface area contributed by atoms with Gasteiger partial charge in [0.25, 0.3) is 0 Å². The number of carboxylic acid groups (broad SMARTS) is 2. The Labute approximate surface area is 207 Å². The number of carbonyl (C=O) groups is 7. The van der Waals surface area contributed by atoms with Gasteiger partial charge >= 0.3 is 11.9 Å². The highest BCUT2D eigenvalue weighted by atomic mass is 16.4. The normalized spacial score (nSPS) is 14.9. The molecule has 0 rings (SSSR count). The molecule has 15 heteroatoms. The third-order valence-corrected chi connectivity index (χ3v) is 5.41. The maximum atomic E-state index is 12.9. The van der Waals surface area contributed by atoms with Gasteiger partial charge in [0.2, 0.25) is 29.5 Å². The Hall–Kier alpha value is -3.75. The van der Waals surface area contributed by atoms with Crippen molar-refractivity contribution >= 4 is 41.5 Å². The van der Waals surface area contributed by atoms with Gasteiger partial charge in [-0.2, -0.15) is 0 Å². The molecule has 204 valence electrons. The molecule has 0 spiro atoms. The summed E-state index contributed by atoms with van der Waals surface area (Å²) in [7, 11) is 0. The molecular formula is C21H36N6O9. The summed E-state index contributed by atoms with van der Waals surface area (Å²) in [6, 6.07) is -5.36. The smallest absolute Gasteiger partial charge is 0.326 e. The predicted octanol–water partition coefficient (Wildman–Crippen LogP) is -2.71. The minimum absolute atomic E-state index is 0.121. The average Bonchev–Trinajstić information content (AvgIpc) is 2.79. The first-order valence-electron chi connectivity index (χ1n) is 11.4. The molecule has 0 aliphatic heterocycles. The number of carboxylic acids is 2. The van der Waals surface area contributed by atoms with Crippen molar-refractivity contribution in [2.45, 2.75) is 83.0 Å². The first-order valence-corrected chi connectivity index (χ1v) is 11.4. The Morgan fingerprint density at radius 2 is 1.17 bits per heavy atom. The van der Waals surface area contributed by atoms with Crippen LogP contribution in [0.2, 0.25) is 0 Å². The van der Waals surface area contributed by atoms with Gasteiger partial charge in [0.05, 0.1) is 6.04 Å². The number of nitrogens with one attached hydrogen (secondary N) is 3. The van der Waals surface area contributed by atoms with E-state index in [0.717, 1.165) is 0 Å². The molecule has 11 N–H and O–H groups in total. The molecular weight excluding hydrogens is 480 g/mol. The fraction of sp³-hybridized carbons (Fsp3) is 0.667. The lowest BCUT2D eigenvalue weighted by atomic mass is 9.98. The van der Waals surface area contributed by atoms with E-state index in [-0.39, 0.29) is 32.1 Å². The van der Waals surface area contributed by atoms with Gasteiger partial charge in [-0.15, -0.1) is 0 Å². The number of nitrogens with two attached hydrogens (primary N) is 3. The highest BCUT2D eigenvalue weighted by molar-refractivity contribution is 5.94. The molecule has 15 nitrogen and oxygen atoms in total. The molecule has 0 aromatic carbocycles. The van der Waals surface area contributed by atoms with Crippen LogP contribution >= 0.6 is 0 Å². The van der Waals surface area contributed by atoms with Crippen LogP contribution in [0.5, 0.6) is 0 Å². The summed E-state index contributed by atoms with van der Waals surface area (Å²) in [5, 5.41) is 25.3. The summed E-state index contributed by atoms with van der Waals surface area (Å²) in [5.41, 5.74) is 15.8. The highest BCUT2D eigenvalue weighted by Gasteiger charge is 2.32. The van der Waals surface area contributed by atoms with Crippen LogP contribution in [0.3, 0.4) is 0 Å². The first kappa shape index (κ1) is 32.2. The second kappa shape index (κ2) is 16.0. The van der Waals surface area contributed by atoms with E-state index in [1.165, 1.54) is 0 Å². The minimum Gasteiger partial charge on any atom is -0.481 e. The fourth-order valence-corrected chi connectivity index (χ4v) is 3.01. The Morgan fingerprint density at radius 1 is 0.722 bits per heavy atom. The average molecular weight is 517 g/mol. The standard InChI is InChI=1S/C21H36N6O9/c1-3-10(2)17(21(35)36)27-20(34)12(5-8-15(24)29)26-19(33)13(6-9-16(30)31)25-18(32)11(22)4-7-14(23)28/h10-13,17H,3-9,22H2,1-2H3,(H2,23,28)(H2,24,29)(H,25,32)(H,26,33)(H,27,34)(H,30,31)(H,35,36). The van der Waals surface area contributed by atoms with Crippen LogP contribution in [0.25, 0.3) is 0 Å². The van der Waals surface area contributed by atoms with Gasteiger partial charge < -0.3 is 43.4 Å². The predicted molar refractivity (Wildman–Crippen MR) is 125 cm³/mol. The summed E-state index contributed by atoms with van der Waals surface area (Å²) >= 11 is 0. The SMILES string of the molecule is CCC(C)C(NC(=O)C(CCC(N)=O)NC(=O)C(CCC(=O)O)NC(=O)C(N)CCC(N)=O)C(=O)O. The van der Waals surface area contributed by atoms with Crippen molar-refractivity contribution < 1.29 is 43.8 Å². The number of aliphatic carboxylic acids is 2. The number of rotatable bonds is 18. The van der Waals surface area contributed by atoms with Gasteiger partial charge in [-0.3, -0.25) is 28.8 Å². The third-order valence-electron chi connectivity index (χ3n) is 5.41. The van der Waals surface area contributed by atoms with E-state index < -0.39 is 78.0 Å². The molecule has 5 atom stereocenters. The maximum Gasteiger partial charge on any atom is 0.326 e. The Kier molecular flexibility index (Phi) is 14.4. The van der Waals surface area contributed by atoms with Crippen molar-refractivity contribution in [3.8, 4) is 0 Å². The number of carbonyl (C=O) groups excluding carboxylic acids is 5. The van der Waals surface area contributed by atoms with Crippen LogP contribution in [-0.2, 0) is 33.6 Å². The topological polar surface area (TPSA) is 274 Å². The zero-order valence-corrected chi connectivity index (χ0v) is 20.3. The molecule has 0 radical (unpaired) electrons. The molecule has 0 aliphatic rings. The quantitative estimate of drug-likeness (QED) is 0.0932. The number of primary amides is 2. The molecule has 0 saturated carbocycles. The van der Waals surface area contributed by atoms with Crippen LogP contribution in [-0.4, -0.2) is 75.9 Å². The first-order chi connectivity index (χ1) is 16.7. The summed E-state index contributed by atoms with van der Waals surface area (Å²) in [6.07, 6.45) is -1.40. The lowest BCUT2D eigenvalue weighted by Gasteiger charge is -2.26. The summed E-state index contributed by atoms with van der Waals surface area (Å²) < 4.78 is 0. The Morgan fingerprint density at radius 3 is 1.61 bits per heavy atom. The molecule has 0 aromatic heterocycles. The number of amides is 5. The van der Waals surface area contributed by atoms with Gasteiger partial charge in [-0.05, 0) is 25.2 Å². The number of hydrogen-bond donors (Lipinski definition) is 8. The van der Waals surface area contributed by atoms with Gasteiger partial charge in [0.1, 0.15) is 18.1 Å². The highest BCUT2D eigenvalue weighted by Crippen LogP contribution is 2.10. The van der Waals surface area contributed by atoms with E-state index in [1.54, 1.807) is 13.8 Å². The molecule has 0 heterocycles. The fourth-order valence-electron chi connectivity index (χ4n) is 3.01. The van der Waals surface area contributed by atoms with Crippen LogP contribution in [0.15, 0.2) is 0 Å². The zero-order valence-electron chi connectivity index (χ0n) is 20.3. The molecule has 0 aliphatic carbocycles. The molecule has 36 heavy (non-hydrogen) atoms. The van der Waals surface area contributed by atoms with Crippen molar-refractivity contribution in [3.05, 3.63) is 0 Å². The Bertz CT molecular complexity index is 835. The van der Waals surface area contributed by atoms with Gasteiger partial charge in [0.15, 0.2) is 0 Å². The van der Waals surface area contributed by atoms with Crippen molar-refractivity contribution in [3.63, 3.8) is 0 Å². The van der Waals surface area contributed by atoms with Crippen LogP contribution in [0.4, 0.5) is 0 Å². The van der Waals surface area contributed by atoms with Crippen molar-refractivity contribution in [1.29, 1.82) is 0 Å². The summed E-state index contributed by atoms with van der Waals surface area (Å²) in [6.45, 7) is 3.33.